The Hall–Kier alpha value is -0.300. The molecule has 0 nitrogen and oxygen atoms in total. The van der Waals surface area contributed by atoms with Crippen molar-refractivity contribution in [3.05, 3.63) is 34.9 Å². The van der Waals surface area contributed by atoms with Gasteiger partial charge in [0.05, 0.1) is 0 Å². The van der Waals surface area contributed by atoms with Crippen molar-refractivity contribution >= 4 is 15.9 Å². The lowest BCUT2D eigenvalue weighted by Crippen LogP contribution is -2.08. The summed E-state index contributed by atoms with van der Waals surface area (Å²) >= 11 is 3.88. The molecule has 17 heavy (non-hydrogen) atoms. The summed E-state index contributed by atoms with van der Waals surface area (Å²) < 4.78 is 0. The Labute approximate surface area is 114 Å². The van der Waals surface area contributed by atoms with Crippen LogP contribution in [0, 0.1) is 19.8 Å². The molecular formula is C16H23Br. The molecule has 0 N–H and O–H groups in total. The second-order valence-corrected chi connectivity index (χ2v) is 6.66. The van der Waals surface area contributed by atoms with Crippen molar-refractivity contribution in [2.24, 2.45) is 5.92 Å². The van der Waals surface area contributed by atoms with E-state index in [-0.39, 0.29) is 0 Å². The fourth-order valence-electron chi connectivity index (χ4n) is 2.81. The summed E-state index contributed by atoms with van der Waals surface area (Å²) in [5, 5.41) is 0. The van der Waals surface area contributed by atoms with Gasteiger partial charge in [0.15, 0.2) is 0 Å². The lowest BCUT2D eigenvalue weighted by atomic mass is 9.85. The number of benzene rings is 1. The summed E-state index contributed by atoms with van der Waals surface area (Å²) in [5.41, 5.74) is 4.26. The van der Waals surface area contributed by atoms with Gasteiger partial charge < -0.3 is 0 Å². The van der Waals surface area contributed by atoms with Crippen LogP contribution in [0.2, 0.25) is 0 Å². The molecule has 0 spiro atoms. The molecule has 1 atom stereocenters. The lowest BCUT2D eigenvalue weighted by Gasteiger charge is -2.24. The van der Waals surface area contributed by atoms with Gasteiger partial charge in [0.2, 0.25) is 0 Å². The molecule has 1 aromatic carbocycles. The summed E-state index contributed by atoms with van der Waals surface area (Å²) in [6, 6.07) is 6.88. The van der Waals surface area contributed by atoms with Crippen LogP contribution >= 0.6 is 15.9 Å². The molecule has 94 valence electrons. The van der Waals surface area contributed by atoms with Gasteiger partial charge in [0, 0.05) is 4.83 Å². The minimum Gasteiger partial charge on any atom is -0.0839 e. The van der Waals surface area contributed by atoms with Crippen molar-refractivity contribution in [2.45, 2.75) is 57.2 Å². The Balaban J connectivity index is 1.98. The highest BCUT2D eigenvalue weighted by Crippen LogP contribution is 2.36. The Morgan fingerprint density at radius 2 is 1.82 bits per heavy atom. The second kappa shape index (κ2) is 6.04. The number of hydrogen-bond acceptors (Lipinski definition) is 0. The fraction of sp³-hybridized carbons (Fsp3) is 0.625. The third-order valence-corrected chi connectivity index (χ3v) is 5.06. The largest absolute Gasteiger partial charge is 0.0839 e. The topological polar surface area (TPSA) is 0 Å². The highest BCUT2D eigenvalue weighted by Gasteiger charge is 2.18. The van der Waals surface area contributed by atoms with Crippen LogP contribution in [0.3, 0.4) is 0 Å². The van der Waals surface area contributed by atoms with Crippen molar-refractivity contribution in [1.82, 2.24) is 0 Å². The summed E-state index contributed by atoms with van der Waals surface area (Å²) in [4.78, 5) is 0.546. The van der Waals surface area contributed by atoms with Gasteiger partial charge in [-0.3, -0.25) is 0 Å². The van der Waals surface area contributed by atoms with Gasteiger partial charge in [-0.2, -0.15) is 0 Å². The van der Waals surface area contributed by atoms with E-state index in [9.17, 15) is 0 Å². The minimum atomic E-state index is 0.546. The van der Waals surface area contributed by atoms with E-state index >= 15 is 0 Å². The van der Waals surface area contributed by atoms with Crippen LogP contribution in [0.15, 0.2) is 18.2 Å². The van der Waals surface area contributed by atoms with Gasteiger partial charge in [-0.15, -0.1) is 0 Å². The standard InChI is InChI=1S/C16H23Br/c1-12-8-9-15(10-13(12)2)16(17)11-14-6-4-3-5-7-14/h8-10,14,16H,3-7,11H2,1-2H3. The normalized spacial score (nSPS) is 19.2. The number of rotatable bonds is 3. The summed E-state index contributed by atoms with van der Waals surface area (Å²) in [6.07, 6.45) is 8.52. The highest BCUT2D eigenvalue weighted by atomic mass is 79.9. The Kier molecular flexibility index (Phi) is 4.67. The summed E-state index contributed by atoms with van der Waals surface area (Å²) in [7, 11) is 0. The molecule has 0 radical (unpaired) electrons. The second-order valence-electron chi connectivity index (χ2n) is 5.55. The fourth-order valence-corrected chi connectivity index (χ4v) is 3.62. The molecule has 0 bridgehead atoms. The van der Waals surface area contributed by atoms with E-state index in [1.807, 2.05) is 0 Å². The van der Waals surface area contributed by atoms with Gasteiger partial charge in [-0.1, -0.05) is 66.2 Å². The van der Waals surface area contributed by atoms with Crippen LogP contribution in [-0.2, 0) is 0 Å². The highest BCUT2D eigenvalue weighted by molar-refractivity contribution is 9.09. The minimum absolute atomic E-state index is 0.546. The maximum Gasteiger partial charge on any atom is 0.0398 e. The zero-order valence-electron chi connectivity index (χ0n) is 11.0. The van der Waals surface area contributed by atoms with Crippen LogP contribution in [0.4, 0.5) is 0 Å². The lowest BCUT2D eigenvalue weighted by molar-refractivity contribution is 0.338. The molecule has 0 heterocycles. The molecule has 0 aliphatic heterocycles. The van der Waals surface area contributed by atoms with Crippen LogP contribution in [0.25, 0.3) is 0 Å². The molecule has 1 aliphatic rings. The first-order valence-corrected chi connectivity index (χ1v) is 7.79. The quantitative estimate of drug-likeness (QED) is 0.626. The van der Waals surface area contributed by atoms with Crippen molar-refractivity contribution < 1.29 is 0 Å². The van der Waals surface area contributed by atoms with Crippen molar-refractivity contribution in [2.75, 3.05) is 0 Å². The van der Waals surface area contributed by atoms with E-state index < -0.39 is 0 Å². The smallest absolute Gasteiger partial charge is 0.0398 e. The van der Waals surface area contributed by atoms with E-state index in [2.05, 4.69) is 48.0 Å². The zero-order valence-corrected chi connectivity index (χ0v) is 12.6. The molecule has 0 aromatic heterocycles. The first kappa shape index (κ1) is 13.1. The van der Waals surface area contributed by atoms with Crippen LogP contribution in [0.1, 0.15) is 60.0 Å². The third-order valence-electron chi connectivity index (χ3n) is 4.16. The van der Waals surface area contributed by atoms with Gasteiger partial charge in [-0.25, -0.2) is 0 Å². The summed E-state index contributed by atoms with van der Waals surface area (Å²) in [6.45, 7) is 4.39. The van der Waals surface area contributed by atoms with Crippen LogP contribution in [-0.4, -0.2) is 0 Å². The van der Waals surface area contributed by atoms with E-state index in [1.54, 1.807) is 0 Å². The van der Waals surface area contributed by atoms with Gasteiger partial charge >= 0.3 is 0 Å². The first-order valence-electron chi connectivity index (χ1n) is 6.88. The predicted molar refractivity (Wildman–Crippen MR) is 78.8 cm³/mol. The van der Waals surface area contributed by atoms with Gasteiger partial charge in [-0.05, 0) is 42.9 Å². The van der Waals surface area contributed by atoms with Gasteiger partial charge in [0.1, 0.15) is 0 Å². The first-order chi connectivity index (χ1) is 8.16. The Bertz CT molecular complexity index is 364. The molecule has 1 unspecified atom stereocenters. The maximum atomic E-state index is 3.88. The zero-order chi connectivity index (χ0) is 12.3. The van der Waals surface area contributed by atoms with Crippen LogP contribution < -0.4 is 0 Å². The number of aryl methyl sites for hydroxylation is 2. The number of alkyl halides is 1. The van der Waals surface area contributed by atoms with E-state index in [0.717, 1.165) is 5.92 Å². The van der Waals surface area contributed by atoms with E-state index in [4.69, 9.17) is 0 Å². The third kappa shape index (κ3) is 3.58. The average molecular weight is 295 g/mol. The number of halogens is 1. The molecule has 1 aromatic rings. The van der Waals surface area contributed by atoms with Gasteiger partial charge in [0.25, 0.3) is 0 Å². The maximum absolute atomic E-state index is 3.88. The molecular weight excluding hydrogens is 272 g/mol. The molecule has 0 amide bonds. The molecule has 1 aliphatic carbocycles. The average Bonchev–Trinajstić information content (AvgIpc) is 2.34. The monoisotopic (exact) mass is 294 g/mol. The predicted octanol–water partition coefficient (Wildman–Crippen LogP) is 5.71. The molecule has 2 rings (SSSR count). The summed E-state index contributed by atoms with van der Waals surface area (Å²) in [5.74, 6) is 0.940. The van der Waals surface area contributed by atoms with Crippen molar-refractivity contribution in [3.63, 3.8) is 0 Å². The van der Waals surface area contributed by atoms with Crippen LogP contribution in [0.5, 0.6) is 0 Å². The molecule has 1 saturated carbocycles. The number of hydrogen-bond donors (Lipinski definition) is 0. The molecule has 1 fully saturated rings. The van der Waals surface area contributed by atoms with Crippen molar-refractivity contribution in [1.29, 1.82) is 0 Å². The molecule has 0 saturated heterocycles. The Morgan fingerprint density at radius 3 is 2.47 bits per heavy atom. The van der Waals surface area contributed by atoms with E-state index in [1.165, 1.54) is 55.2 Å². The Morgan fingerprint density at radius 1 is 1.12 bits per heavy atom. The SMILES string of the molecule is Cc1ccc(C(Br)CC2CCCCC2)cc1C. The van der Waals surface area contributed by atoms with Crippen molar-refractivity contribution in [3.8, 4) is 0 Å². The van der Waals surface area contributed by atoms with E-state index in [0.29, 0.717) is 4.83 Å². The molecule has 1 heteroatoms.